The predicted molar refractivity (Wildman–Crippen MR) is 96.8 cm³/mol. The molecule has 27 heavy (non-hydrogen) atoms. The van der Waals surface area contributed by atoms with Crippen molar-refractivity contribution >= 4 is 35.0 Å². The number of benzene rings is 2. The van der Waals surface area contributed by atoms with Crippen LogP contribution in [0.2, 0.25) is 5.02 Å². The number of nitrogens with one attached hydrogen (secondary N) is 1. The third-order valence-electron chi connectivity index (χ3n) is 3.99. The molecular weight excluding hydrogens is 375 g/mol. The first-order chi connectivity index (χ1) is 12.9. The molecule has 1 N–H and O–H groups in total. The summed E-state index contributed by atoms with van der Waals surface area (Å²) in [5.41, 5.74) is 1.32. The van der Waals surface area contributed by atoms with Gasteiger partial charge in [-0.1, -0.05) is 23.7 Å². The number of likely N-dealkylation sites (tertiary alicyclic amines) is 1. The first kappa shape index (κ1) is 18.8. The van der Waals surface area contributed by atoms with Gasteiger partial charge in [0.05, 0.1) is 11.6 Å². The molecule has 1 heterocycles. The number of nitrogens with zero attached hydrogens (tertiary/aromatic N) is 1. The molecule has 0 atom stereocenters. The Balaban J connectivity index is 1.52. The maximum atomic E-state index is 13.0. The molecule has 0 saturated carbocycles. The molecular formula is C19H16ClFN2O4. The number of hydrogen-bond donors (Lipinski definition) is 1. The van der Waals surface area contributed by atoms with E-state index in [-0.39, 0.29) is 48.6 Å². The zero-order chi connectivity index (χ0) is 19.4. The Kier molecular flexibility index (Phi) is 5.71. The molecule has 6 nitrogen and oxygen atoms in total. The number of amides is 3. The van der Waals surface area contributed by atoms with Crippen molar-refractivity contribution in [3.63, 3.8) is 0 Å². The van der Waals surface area contributed by atoms with E-state index < -0.39 is 11.7 Å². The summed E-state index contributed by atoms with van der Waals surface area (Å²) in [5.74, 6) is -1.03. The molecule has 0 unspecified atom stereocenters. The highest BCUT2D eigenvalue weighted by Crippen LogP contribution is 2.24. The third kappa shape index (κ3) is 4.83. The number of anilines is 1. The summed E-state index contributed by atoms with van der Waals surface area (Å²) >= 11 is 5.83. The largest absolute Gasteiger partial charge is 0.482 e. The Hall–Kier alpha value is -2.93. The van der Waals surface area contributed by atoms with Crippen LogP contribution in [0.3, 0.4) is 0 Å². The zero-order valence-corrected chi connectivity index (χ0v) is 15.0. The number of imide groups is 1. The van der Waals surface area contributed by atoms with Gasteiger partial charge in [-0.3, -0.25) is 19.3 Å². The van der Waals surface area contributed by atoms with Crippen LogP contribution in [0.25, 0.3) is 0 Å². The lowest BCUT2D eigenvalue weighted by molar-refractivity contribution is -0.139. The van der Waals surface area contributed by atoms with Crippen LogP contribution in [0, 0.1) is 5.82 Å². The molecule has 8 heteroatoms. The van der Waals surface area contributed by atoms with Crippen molar-refractivity contribution in [2.24, 2.45) is 0 Å². The number of carbonyl (C=O) groups excluding carboxylic acids is 3. The second kappa shape index (κ2) is 8.18. The van der Waals surface area contributed by atoms with E-state index in [1.165, 1.54) is 17.0 Å². The van der Waals surface area contributed by atoms with Crippen LogP contribution in [0.4, 0.5) is 10.1 Å². The predicted octanol–water partition coefficient (Wildman–Crippen LogP) is 3.15. The Labute approximate surface area is 159 Å². The summed E-state index contributed by atoms with van der Waals surface area (Å²) in [6.07, 6.45) is 0.510. The van der Waals surface area contributed by atoms with Gasteiger partial charge in [0, 0.05) is 18.5 Å². The van der Waals surface area contributed by atoms with Gasteiger partial charge in [0.2, 0.25) is 11.8 Å². The summed E-state index contributed by atoms with van der Waals surface area (Å²) in [6.45, 7) is -0.0675. The lowest BCUT2D eigenvalue weighted by Gasteiger charge is -2.14. The fourth-order valence-electron chi connectivity index (χ4n) is 2.61. The van der Waals surface area contributed by atoms with Crippen molar-refractivity contribution < 1.29 is 23.5 Å². The standard InChI is InChI=1S/C19H16ClFN2O4/c20-15-9-13(21)3-6-16(15)27-11-17(24)22-14-4-1-12(2-5-14)10-23-18(25)7-8-19(23)26/h1-6,9H,7-8,10-11H2,(H,22,24). The summed E-state index contributed by atoms with van der Waals surface area (Å²) in [7, 11) is 0. The second-order valence-corrected chi connectivity index (χ2v) is 6.39. The lowest BCUT2D eigenvalue weighted by Crippen LogP contribution is -2.28. The molecule has 1 saturated heterocycles. The Bertz CT molecular complexity index is 870. The summed E-state index contributed by atoms with van der Waals surface area (Å²) < 4.78 is 18.2. The van der Waals surface area contributed by atoms with Gasteiger partial charge in [-0.2, -0.15) is 0 Å². The Morgan fingerprint density at radius 1 is 1.11 bits per heavy atom. The highest BCUT2D eigenvalue weighted by molar-refractivity contribution is 6.32. The minimum atomic E-state index is -0.491. The van der Waals surface area contributed by atoms with Gasteiger partial charge in [0.15, 0.2) is 6.61 Å². The second-order valence-electron chi connectivity index (χ2n) is 5.98. The van der Waals surface area contributed by atoms with E-state index >= 15 is 0 Å². The maximum Gasteiger partial charge on any atom is 0.262 e. The zero-order valence-electron chi connectivity index (χ0n) is 14.2. The summed E-state index contributed by atoms with van der Waals surface area (Å²) in [6, 6.07) is 10.4. The van der Waals surface area contributed by atoms with Gasteiger partial charge < -0.3 is 10.1 Å². The average Bonchev–Trinajstić information content (AvgIpc) is 2.94. The average molecular weight is 391 g/mol. The topological polar surface area (TPSA) is 75.7 Å². The fourth-order valence-corrected chi connectivity index (χ4v) is 2.83. The number of carbonyl (C=O) groups is 3. The first-order valence-electron chi connectivity index (χ1n) is 8.22. The van der Waals surface area contributed by atoms with Gasteiger partial charge >= 0.3 is 0 Å². The number of ether oxygens (including phenoxy) is 1. The molecule has 0 spiro atoms. The van der Waals surface area contributed by atoms with Crippen molar-refractivity contribution in [2.45, 2.75) is 19.4 Å². The van der Waals surface area contributed by atoms with Gasteiger partial charge in [0.1, 0.15) is 11.6 Å². The molecule has 140 valence electrons. The van der Waals surface area contributed by atoms with Crippen molar-refractivity contribution in [3.8, 4) is 5.75 Å². The summed E-state index contributed by atoms with van der Waals surface area (Å²) in [4.78, 5) is 36.5. The highest BCUT2D eigenvalue weighted by atomic mass is 35.5. The highest BCUT2D eigenvalue weighted by Gasteiger charge is 2.28. The Morgan fingerprint density at radius 2 is 1.78 bits per heavy atom. The maximum absolute atomic E-state index is 13.0. The number of rotatable bonds is 6. The van der Waals surface area contributed by atoms with E-state index in [0.717, 1.165) is 11.6 Å². The lowest BCUT2D eigenvalue weighted by atomic mass is 10.2. The van der Waals surface area contributed by atoms with E-state index in [0.29, 0.717) is 5.69 Å². The normalized spacial score (nSPS) is 13.8. The molecule has 2 aromatic rings. The van der Waals surface area contributed by atoms with E-state index in [1.807, 2.05) is 0 Å². The minimum Gasteiger partial charge on any atom is -0.482 e. The molecule has 0 aromatic heterocycles. The smallest absolute Gasteiger partial charge is 0.262 e. The molecule has 1 fully saturated rings. The molecule has 0 bridgehead atoms. The van der Waals surface area contributed by atoms with Crippen molar-refractivity contribution in [1.82, 2.24) is 4.90 Å². The molecule has 1 aliphatic rings. The number of hydrogen-bond acceptors (Lipinski definition) is 4. The molecule has 3 rings (SSSR count). The van der Waals surface area contributed by atoms with Gasteiger partial charge in [-0.05, 0) is 35.9 Å². The van der Waals surface area contributed by atoms with Crippen LogP contribution in [-0.4, -0.2) is 29.2 Å². The molecule has 0 aliphatic carbocycles. The molecule has 3 amide bonds. The SMILES string of the molecule is O=C(COc1ccc(F)cc1Cl)Nc1ccc(CN2C(=O)CCC2=O)cc1. The van der Waals surface area contributed by atoms with Crippen LogP contribution < -0.4 is 10.1 Å². The van der Waals surface area contributed by atoms with Gasteiger partial charge in [-0.15, -0.1) is 0 Å². The van der Waals surface area contributed by atoms with Crippen LogP contribution in [0.15, 0.2) is 42.5 Å². The van der Waals surface area contributed by atoms with Gasteiger partial charge in [-0.25, -0.2) is 4.39 Å². The van der Waals surface area contributed by atoms with Crippen molar-refractivity contribution in [2.75, 3.05) is 11.9 Å². The molecule has 2 aromatic carbocycles. The van der Waals surface area contributed by atoms with Crippen LogP contribution in [-0.2, 0) is 20.9 Å². The number of halogens is 2. The van der Waals surface area contributed by atoms with Crippen molar-refractivity contribution in [3.05, 3.63) is 58.9 Å². The van der Waals surface area contributed by atoms with Gasteiger partial charge in [0.25, 0.3) is 5.91 Å². The van der Waals surface area contributed by atoms with E-state index in [1.54, 1.807) is 24.3 Å². The van der Waals surface area contributed by atoms with Crippen molar-refractivity contribution in [1.29, 1.82) is 0 Å². The monoisotopic (exact) mass is 390 g/mol. The molecule has 0 radical (unpaired) electrons. The fraction of sp³-hybridized carbons (Fsp3) is 0.211. The van der Waals surface area contributed by atoms with E-state index in [9.17, 15) is 18.8 Å². The Morgan fingerprint density at radius 3 is 2.41 bits per heavy atom. The van der Waals surface area contributed by atoms with Crippen LogP contribution in [0.1, 0.15) is 18.4 Å². The minimum absolute atomic E-state index is 0.0816. The quantitative estimate of drug-likeness (QED) is 0.769. The van der Waals surface area contributed by atoms with E-state index in [2.05, 4.69) is 5.32 Å². The first-order valence-corrected chi connectivity index (χ1v) is 8.60. The van der Waals surface area contributed by atoms with Crippen LogP contribution >= 0.6 is 11.6 Å². The molecule has 1 aliphatic heterocycles. The third-order valence-corrected chi connectivity index (χ3v) is 4.28. The van der Waals surface area contributed by atoms with Crippen LogP contribution in [0.5, 0.6) is 5.75 Å². The van der Waals surface area contributed by atoms with E-state index in [4.69, 9.17) is 16.3 Å². The summed E-state index contributed by atoms with van der Waals surface area (Å²) in [5, 5.41) is 2.73.